The average molecular weight is 237 g/mol. The minimum absolute atomic E-state index is 0.193. The summed E-state index contributed by atoms with van der Waals surface area (Å²) < 4.78 is 5.52. The molecular weight excluding hydrogens is 218 g/mol. The number of amides is 1. The van der Waals surface area contributed by atoms with E-state index in [4.69, 9.17) is 9.57 Å². The molecule has 0 aliphatic rings. The van der Waals surface area contributed by atoms with Crippen molar-refractivity contribution in [3.8, 4) is 5.75 Å². The van der Waals surface area contributed by atoms with Crippen molar-refractivity contribution in [2.45, 2.75) is 26.7 Å². The summed E-state index contributed by atoms with van der Waals surface area (Å²) in [4.78, 5) is 15.4. The van der Waals surface area contributed by atoms with Crippen LogP contribution in [0.25, 0.3) is 0 Å². The van der Waals surface area contributed by atoms with Gasteiger partial charge in [-0.2, -0.15) is 0 Å². The van der Waals surface area contributed by atoms with Gasteiger partial charge in [-0.15, -0.1) is 0 Å². The normalized spacial score (nSPS) is 10.0. The second-order valence-electron chi connectivity index (χ2n) is 3.71. The molecule has 0 radical (unpaired) electrons. The molecule has 4 heteroatoms. The number of hydrogen-bond acceptors (Lipinski definition) is 3. The SMILES string of the molecule is CCc1ccc(OCCCONC(C)=O)cc1. The van der Waals surface area contributed by atoms with Crippen LogP contribution in [-0.2, 0) is 16.1 Å². The van der Waals surface area contributed by atoms with E-state index in [0.29, 0.717) is 13.2 Å². The lowest BCUT2D eigenvalue weighted by Crippen LogP contribution is -2.21. The Morgan fingerprint density at radius 2 is 1.94 bits per heavy atom. The first-order chi connectivity index (χ1) is 8.22. The number of hydroxylamine groups is 1. The highest BCUT2D eigenvalue weighted by atomic mass is 16.6. The Hall–Kier alpha value is -1.55. The van der Waals surface area contributed by atoms with Gasteiger partial charge >= 0.3 is 0 Å². The smallest absolute Gasteiger partial charge is 0.240 e. The van der Waals surface area contributed by atoms with Gasteiger partial charge in [0, 0.05) is 13.3 Å². The molecule has 0 heterocycles. The lowest BCUT2D eigenvalue weighted by atomic mass is 10.2. The van der Waals surface area contributed by atoms with E-state index in [1.165, 1.54) is 12.5 Å². The van der Waals surface area contributed by atoms with Crippen LogP contribution in [0.2, 0.25) is 0 Å². The Morgan fingerprint density at radius 3 is 2.53 bits per heavy atom. The van der Waals surface area contributed by atoms with Crippen LogP contribution in [0.4, 0.5) is 0 Å². The molecule has 17 heavy (non-hydrogen) atoms. The largest absolute Gasteiger partial charge is 0.494 e. The van der Waals surface area contributed by atoms with Crippen LogP contribution in [0.3, 0.4) is 0 Å². The summed E-state index contributed by atoms with van der Waals surface area (Å²) in [5.74, 6) is 0.669. The second kappa shape index (κ2) is 7.68. The number of carbonyl (C=O) groups is 1. The average Bonchev–Trinajstić information content (AvgIpc) is 2.34. The fraction of sp³-hybridized carbons (Fsp3) is 0.462. The predicted molar refractivity (Wildman–Crippen MR) is 65.7 cm³/mol. The Morgan fingerprint density at radius 1 is 1.24 bits per heavy atom. The molecule has 1 aromatic carbocycles. The highest BCUT2D eigenvalue weighted by Crippen LogP contribution is 2.12. The maximum absolute atomic E-state index is 10.5. The molecule has 0 spiro atoms. The third kappa shape index (κ3) is 5.92. The van der Waals surface area contributed by atoms with E-state index >= 15 is 0 Å². The van der Waals surface area contributed by atoms with Crippen molar-refractivity contribution < 1.29 is 14.4 Å². The number of hydrogen-bond donors (Lipinski definition) is 1. The van der Waals surface area contributed by atoms with Gasteiger partial charge in [-0.25, -0.2) is 5.48 Å². The first kappa shape index (κ1) is 13.5. The highest BCUT2D eigenvalue weighted by molar-refractivity contribution is 5.71. The number of nitrogens with one attached hydrogen (secondary N) is 1. The molecule has 1 N–H and O–H groups in total. The Kier molecular flexibility index (Phi) is 6.10. The molecule has 0 saturated carbocycles. The van der Waals surface area contributed by atoms with Crippen LogP contribution in [0.15, 0.2) is 24.3 Å². The first-order valence-corrected chi connectivity index (χ1v) is 5.82. The van der Waals surface area contributed by atoms with E-state index in [-0.39, 0.29) is 5.91 Å². The highest BCUT2D eigenvalue weighted by Gasteiger charge is 1.95. The molecule has 0 saturated heterocycles. The quantitative estimate of drug-likeness (QED) is 0.583. The molecule has 1 aromatic rings. The molecule has 94 valence electrons. The van der Waals surface area contributed by atoms with Crippen molar-refractivity contribution in [1.29, 1.82) is 0 Å². The van der Waals surface area contributed by atoms with E-state index in [1.54, 1.807) is 0 Å². The minimum Gasteiger partial charge on any atom is -0.494 e. The molecule has 0 aromatic heterocycles. The van der Waals surface area contributed by atoms with Gasteiger partial charge < -0.3 is 4.74 Å². The molecule has 1 rings (SSSR count). The molecule has 0 fully saturated rings. The van der Waals surface area contributed by atoms with Gasteiger partial charge in [0.1, 0.15) is 5.75 Å². The van der Waals surface area contributed by atoms with Crippen LogP contribution in [0.1, 0.15) is 25.8 Å². The van der Waals surface area contributed by atoms with Crippen molar-refractivity contribution in [1.82, 2.24) is 5.48 Å². The van der Waals surface area contributed by atoms with Gasteiger partial charge in [0.25, 0.3) is 0 Å². The van der Waals surface area contributed by atoms with E-state index in [1.807, 2.05) is 12.1 Å². The minimum atomic E-state index is -0.193. The van der Waals surface area contributed by atoms with Gasteiger partial charge in [0.2, 0.25) is 5.91 Å². The summed E-state index contributed by atoms with van der Waals surface area (Å²) in [6.07, 6.45) is 1.76. The van der Waals surface area contributed by atoms with Crippen LogP contribution in [0.5, 0.6) is 5.75 Å². The molecule has 0 aliphatic heterocycles. The van der Waals surface area contributed by atoms with Gasteiger partial charge in [-0.1, -0.05) is 19.1 Å². The number of carbonyl (C=O) groups excluding carboxylic acids is 1. The van der Waals surface area contributed by atoms with Crippen LogP contribution in [-0.4, -0.2) is 19.1 Å². The molecule has 0 unspecified atom stereocenters. The Balaban J connectivity index is 2.11. The van der Waals surface area contributed by atoms with Gasteiger partial charge in [0.05, 0.1) is 13.2 Å². The van der Waals surface area contributed by atoms with Gasteiger partial charge in [-0.05, 0) is 24.1 Å². The zero-order valence-electron chi connectivity index (χ0n) is 10.4. The van der Waals surface area contributed by atoms with E-state index in [2.05, 4.69) is 24.5 Å². The molecule has 0 bridgehead atoms. The maximum atomic E-state index is 10.5. The third-order valence-corrected chi connectivity index (χ3v) is 2.21. The maximum Gasteiger partial charge on any atom is 0.240 e. The van der Waals surface area contributed by atoms with Gasteiger partial charge in [0.15, 0.2) is 0 Å². The molecule has 1 amide bonds. The van der Waals surface area contributed by atoms with Crippen molar-refractivity contribution in [3.05, 3.63) is 29.8 Å². The predicted octanol–water partition coefficient (Wildman–Crippen LogP) is 2.09. The second-order valence-corrected chi connectivity index (χ2v) is 3.71. The lowest BCUT2D eigenvalue weighted by molar-refractivity contribution is -0.131. The van der Waals surface area contributed by atoms with Crippen molar-refractivity contribution in [2.75, 3.05) is 13.2 Å². The zero-order chi connectivity index (χ0) is 12.5. The molecular formula is C13H19NO3. The van der Waals surface area contributed by atoms with E-state index in [9.17, 15) is 4.79 Å². The summed E-state index contributed by atoms with van der Waals surface area (Å²) in [6.45, 7) is 4.55. The zero-order valence-corrected chi connectivity index (χ0v) is 10.4. The number of aryl methyl sites for hydroxylation is 1. The number of benzene rings is 1. The van der Waals surface area contributed by atoms with E-state index in [0.717, 1.165) is 18.6 Å². The standard InChI is InChI=1S/C13H19NO3/c1-3-12-5-7-13(8-6-12)16-9-4-10-17-14-11(2)15/h5-8H,3-4,9-10H2,1-2H3,(H,14,15). The lowest BCUT2D eigenvalue weighted by Gasteiger charge is -2.07. The number of ether oxygens (including phenoxy) is 1. The summed E-state index contributed by atoms with van der Waals surface area (Å²) in [6, 6.07) is 8.05. The van der Waals surface area contributed by atoms with Crippen molar-refractivity contribution in [3.63, 3.8) is 0 Å². The summed E-state index contributed by atoms with van der Waals surface area (Å²) in [7, 11) is 0. The van der Waals surface area contributed by atoms with Crippen molar-refractivity contribution in [2.24, 2.45) is 0 Å². The van der Waals surface area contributed by atoms with Crippen molar-refractivity contribution >= 4 is 5.91 Å². The van der Waals surface area contributed by atoms with Gasteiger partial charge in [-0.3, -0.25) is 9.63 Å². The third-order valence-electron chi connectivity index (χ3n) is 2.21. The topological polar surface area (TPSA) is 47.6 Å². The van der Waals surface area contributed by atoms with Crippen LogP contribution < -0.4 is 10.2 Å². The summed E-state index contributed by atoms with van der Waals surface area (Å²) >= 11 is 0. The fourth-order valence-corrected chi connectivity index (χ4v) is 1.30. The monoisotopic (exact) mass is 237 g/mol. The van der Waals surface area contributed by atoms with Crippen LogP contribution >= 0.6 is 0 Å². The Labute approximate surface area is 102 Å². The number of rotatable bonds is 7. The molecule has 0 atom stereocenters. The van der Waals surface area contributed by atoms with E-state index < -0.39 is 0 Å². The fourth-order valence-electron chi connectivity index (χ4n) is 1.30. The first-order valence-electron chi connectivity index (χ1n) is 5.82. The molecule has 0 aliphatic carbocycles. The summed E-state index contributed by atoms with van der Waals surface area (Å²) in [5, 5.41) is 0. The van der Waals surface area contributed by atoms with Crippen LogP contribution in [0, 0.1) is 0 Å². The molecule has 4 nitrogen and oxygen atoms in total. The summed E-state index contributed by atoms with van der Waals surface area (Å²) in [5.41, 5.74) is 3.56. The Bertz CT molecular complexity index is 335.